The molecule has 106 valence electrons. The number of nitrogens with two attached hydrogens (primary N) is 1. The number of hydrogen-bond donors (Lipinski definition) is 2. The van der Waals surface area contributed by atoms with Crippen molar-refractivity contribution in [2.45, 2.75) is 13.0 Å². The molecule has 0 aliphatic heterocycles. The van der Waals surface area contributed by atoms with Crippen LogP contribution in [0.25, 0.3) is 5.69 Å². The number of aromatic nitrogens is 2. The van der Waals surface area contributed by atoms with Crippen LogP contribution < -0.4 is 11.3 Å². The molecule has 1 atom stereocenters. The van der Waals surface area contributed by atoms with Crippen LogP contribution in [0.1, 0.15) is 22.9 Å². The van der Waals surface area contributed by atoms with Gasteiger partial charge in [0, 0.05) is 6.20 Å². The van der Waals surface area contributed by atoms with E-state index in [0.29, 0.717) is 0 Å². The van der Waals surface area contributed by atoms with Gasteiger partial charge in [-0.15, -0.1) is 0 Å². The van der Waals surface area contributed by atoms with Crippen molar-refractivity contribution in [3.8, 4) is 5.69 Å². The van der Waals surface area contributed by atoms with E-state index < -0.39 is 0 Å². The van der Waals surface area contributed by atoms with Crippen LogP contribution in [0.15, 0.2) is 66.9 Å². The maximum Gasteiger partial charge on any atom is 0.0882 e. The van der Waals surface area contributed by atoms with Gasteiger partial charge < -0.3 is 0 Å². The Morgan fingerprint density at radius 1 is 1.05 bits per heavy atom. The fourth-order valence-corrected chi connectivity index (χ4v) is 2.52. The first-order valence-corrected chi connectivity index (χ1v) is 6.91. The van der Waals surface area contributed by atoms with E-state index >= 15 is 0 Å². The summed E-state index contributed by atoms with van der Waals surface area (Å²) in [6.07, 6.45) is 1.79. The van der Waals surface area contributed by atoms with Gasteiger partial charge in [-0.25, -0.2) is 10.1 Å². The third-order valence-electron chi connectivity index (χ3n) is 3.51. The Hall–Kier alpha value is -2.43. The number of aryl methyl sites for hydroxylation is 1. The minimum atomic E-state index is -0.104. The molecule has 2 aromatic carbocycles. The lowest BCUT2D eigenvalue weighted by Crippen LogP contribution is -2.30. The van der Waals surface area contributed by atoms with E-state index in [2.05, 4.69) is 35.6 Å². The van der Waals surface area contributed by atoms with Gasteiger partial charge in [-0.2, -0.15) is 5.10 Å². The van der Waals surface area contributed by atoms with Crippen LogP contribution in [0.4, 0.5) is 0 Å². The highest BCUT2D eigenvalue weighted by Crippen LogP contribution is 2.24. The van der Waals surface area contributed by atoms with Gasteiger partial charge in [0.1, 0.15) is 0 Å². The van der Waals surface area contributed by atoms with Crippen molar-refractivity contribution in [2.75, 3.05) is 0 Å². The molecule has 21 heavy (non-hydrogen) atoms. The topological polar surface area (TPSA) is 55.9 Å². The van der Waals surface area contributed by atoms with E-state index in [4.69, 9.17) is 5.84 Å². The smallest absolute Gasteiger partial charge is 0.0882 e. The average molecular weight is 278 g/mol. The molecule has 0 spiro atoms. The standard InChI is InChI=1S/C17H18N4/c1-13-6-5-7-14(12-13)17(20-18)16-10-11-19-21(16)15-8-3-2-4-9-15/h2-12,17,20H,18H2,1H3. The predicted molar refractivity (Wildman–Crippen MR) is 83.9 cm³/mol. The average Bonchev–Trinajstić information content (AvgIpc) is 2.98. The zero-order valence-corrected chi connectivity index (χ0v) is 11.9. The van der Waals surface area contributed by atoms with Crippen LogP contribution in [0.5, 0.6) is 0 Å². The van der Waals surface area contributed by atoms with Gasteiger partial charge in [-0.3, -0.25) is 5.84 Å². The maximum absolute atomic E-state index is 5.80. The summed E-state index contributed by atoms with van der Waals surface area (Å²) in [5, 5.41) is 4.42. The highest BCUT2D eigenvalue weighted by atomic mass is 15.3. The third-order valence-corrected chi connectivity index (χ3v) is 3.51. The summed E-state index contributed by atoms with van der Waals surface area (Å²) >= 11 is 0. The van der Waals surface area contributed by atoms with E-state index in [-0.39, 0.29) is 6.04 Å². The van der Waals surface area contributed by atoms with Crippen molar-refractivity contribution in [3.63, 3.8) is 0 Å². The summed E-state index contributed by atoms with van der Waals surface area (Å²) < 4.78 is 1.91. The van der Waals surface area contributed by atoms with Gasteiger partial charge in [0.05, 0.1) is 17.4 Å². The minimum Gasteiger partial charge on any atom is -0.271 e. The maximum atomic E-state index is 5.80. The van der Waals surface area contributed by atoms with Crippen LogP contribution in [0, 0.1) is 6.92 Å². The fourth-order valence-electron chi connectivity index (χ4n) is 2.52. The molecule has 0 fully saturated rings. The molecule has 0 amide bonds. The Labute approximate surface area is 124 Å². The lowest BCUT2D eigenvalue weighted by atomic mass is 10.0. The van der Waals surface area contributed by atoms with Crippen LogP contribution >= 0.6 is 0 Å². The van der Waals surface area contributed by atoms with Crippen molar-refractivity contribution in [2.24, 2.45) is 5.84 Å². The molecule has 0 aliphatic carbocycles. The van der Waals surface area contributed by atoms with Gasteiger partial charge >= 0.3 is 0 Å². The van der Waals surface area contributed by atoms with Crippen molar-refractivity contribution in [1.29, 1.82) is 0 Å². The second kappa shape index (κ2) is 5.91. The van der Waals surface area contributed by atoms with Gasteiger partial charge in [-0.05, 0) is 30.7 Å². The number of hydrazine groups is 1. The molecule has 0 radical (unpaired) electrons. The van der Waals surface area contributed by atoms with E-state index in [9.17, 15) is 0 Å². The molecule has 0 bridgehead atoms. The van der Waals surface area contributed by atoms with Crippen LogP contribution in [0.3, 0.4) is 0 Å². The summed E-state index contributed by atoms with van der Waals surface area (Å²) in [5.41, 5.74) is 7.25. The van der Waals surface area contributed by atoms with Gasteiger partial charge in [0.2, 0.25) is 0 Å². The quantitative estimate of drug-likeness (QED) is 0.570. The summed E-state index contributed by atoms with van der Waals surface area (Å²) in [6.45, 7) is 2.07. The Morgan fingerprint density at radius 3 is 2.57 bits per heavy atom. The Balaban J connectivity index is 2.05. The molecule has 1 heterocycles. The molecule has 3 rings (SSSR count). The van der Waals surface area contributed by atoms with Gasteiger partial charge in [0.15, 0.2) is 0 Å². The zero-order chi connectivity index (χ0) is 14.7. The molecule has 1 unspecified atom stereocenters. The lowest BCUT2D eigenvalue weighted by Gasteiger charge is -2.18. The normalized spacial score (nSPS) is 12.3. The number of nitrogens with zero attached hydrogens (tertiary/aromatic N) is 2. The molecule has 3 N–H and O–H groups in total. The van der Waals surface area contributed by atoms with E-state index in [1.807, 2.05) is 47.1 Å². The second-order valence-electron chi connectivity index (χ2n) is 5.02. The SMILES string of the molecule is Cc1cccc(C(NN)c2ccnn2-c2ccccc2)c1. The molecule has 4 heteroatoms. The van der Waals surface area contributed by atoms with Crippen molar-refractivity contribution in [1.82, 2.24) is 15.2 Å². The Morgan fingerprint density at radius 2 is 1.86 bits per heavy atom. The largest absolute Gasteiger partial charge is 0.271 e. The summed E-state index contributed by atoms with van der Waals surface area (Å²) in [4.78, 5) is 0. The van der Waals surface area contributed by atoms with Crippen molar-refractivity contribution in [3.05, 3.63) is 83.7 Å². The Kier molecular flexibility index (Phi) is 3.81. The highest BCUT2D eigenvalue weighted by molar-refractivity contribution is 5.37. The number of benzene rings is 2. The zero-order valence-electron chi connectivity index (χ0n) is 11.9. The Bertz CT molecular complexity index is 718. The predicted octanol–water partition coefficient (Wildman–Crippen LogP) is 2.73. The summed E-state index contributed by atoms with van der Waals surface area (Å²) in [5.74, 6) is 5.80. The van der Waals surface area contributed by atoms with Crippen molar-refractivity contribution < 1.29 is 0 Å². The fraction of sp³-hybridized carbons (Fsp3) is 0.118. The first-order chi connectivity index (χ1) is 10.3. The number of nitrogens with one attached hydrogen (secondary N) is 1. The molecule has 3 aromatic rings. The molecule has 4 nitrogen and oxygen atoms in total. The molecule has 0 aliphatic rings. The second-order valence-corrected chi connectivity index (χ2v) is 5.02. The molecular formula is C17H18N4. The van der Waals surface area contributed by atoms with Crippen LogP contribution in [-0.2, 0) is 0 Å². The number of rotatable bonds is 4. The van der Waals surface area contributed by atoms with Crippen LogP contribution in [0.2, 0.25) is 0 Å². The molecule has 1 aromatic heterocycles. The number of para-hydroxylation sites is 1. The van der Waals surface area contributed by atoms with Crippen molar-refractivity contribution >= 4 is 0 Å². The van der Waals surface area contributed by atoms with E-state index in [1.54, 1.807) is 6.20 Å². The minimum absolute atomic E-state index is 0.104. The summed E-state index contributed by atoms with van der Waals surface area (Å²) in [7, 11) is 0. The van der Waals surface area contributed by atoms with Gasteiger partial charge in [-0.1, -0.05) is 48.0 Å². The molecule has 0 saturated carbocycles. The monoisotopic (exact) mass is 278 g/mol. The lowest BCUT2D eigenvalue weighted by molar-refractivity contribution is 0.597. The van der Waals surface area contributed by atoms with E-state index in [0.717, 1.165) is 16.9 Å². The highest BCUT2D eigenvalue weighted by Gasteiger charge is 2.17. The van der Waals surface area contributed by atoms with E-state index in [1.165, 1.54) is 5.56 Å². The summed E-state index contributed by atoms with van der Waals surface area (Å²) in [6, 6.07) is 20.2. The molecular weight excluding hydrogens is 260 g/mol. The first-order valence-electron chi connectivity index (χ1n) is 6.91. The van der Waals surface area contributed by atoms with Gasteiger partial charge in [0.25, 0.3) is 0 Å². The number of hydrogen-bond acceptors (Lipinski definition) is 3. The first kappa shape index (κ1) is 13.5. The molecule has 0 saturated heterocycles. The van der Waals surface area contributed by atoms with Crippen LogP contribution in [-0.4, -0.2) is 9.78 Å². The third kappa shape index (κ3) is 2.72.